The summed E-state index contributed by atoms with van der Waals surface area (Å²) in [6, 6.07) is 3.00. The minimum absolute atomic E-state index is 0.0141. The number of aromatic nitrogens is 2. The number of nitrogens with two attached hydrogens (primary N) is 1. The number of amides is 1. The van der Waals surface area contributed by atoms with Crippen molar-refractivity contribution in [3.8, 4) is 17.5 Å². The van der Waals surface area contributed by atoms with Gasteiger partial charge in [-0.25, -0.2) is 0 Å². The first-order chi connectivity index (χ1) is 12.8. The number of phenols is 2. The molecule has 1 aliphatic heterocycles. The maximum absolute atomic E-state index is 13.0. The molecule has 0 aliphatic carbocycles. The molecule has 27 heavy (non-hydrogen) atoms. The van der Waals surface area contributed by atoms with Gasteiger partial charge in [0.1, 0.15) is 17.3 Å². The molecule has 8 nitrogen and oxygen atoms in total. The third-order valence-corrected chi connectivity index (χ3v) is 4.63. The lowest BCUT2D eigenvalue weighted by atomic mass is 9.97. The number of hydrogen-bond donors (Lipinski definition) is 3. The Hall–Kier alpha value is -3.03. The van der Waals surface area contributed by atoms with E-state index in [1.807, 2.05) is 20.8 Å². The molecule has 1 aromatic carbocycles. The Balaban J connectivity index is 1.89. The Bertz CT molecular complexity index is 882. The quantitative estimate of drug-likeness (QED) is 0.752. The molecule has 0 bridgehead atoms. The van der Waals surface area contributed by atoms with Crippen LogP contribution in [0.5, 0.6) is 17.5 Å². The number of phenolic OH excluding ortho intramolecular Hbond substituents is 2. The Morgan fingerprint density at radius 1 is 1.30 bits per heavy atom. The van der Waals surface area contributed by atoms with Gasteiger partial charge in [-0.3, -0.25) is 4.79 Å². The van der Waals surface area contributed by atoms with Crippen LogP contribution in [0.1, 0.15) is 53.9 Å². The first-order valence-electron chi connectivity index (χ1n) is 8.95. The zero-order valence-electron chi connectivity index (χ0n) is 15.7. The van der Waals surface area contributed by atoms with Gasteiger partial charge in [-0.1, -0.05) is 13.8 Å². The molecular formula is C19H24N4O4. The van der Waals surface area contributed by atoms with Crippen molar-refractivity contribution in [1.82, 2.24) is 14.9 Å². The monoisotopic (exact) mass is 372 g/mol. The molecule has 0 spiro atoms. The molecule has 0 saturated heterocycles. The number of nitrogens with zero attached hydrogens (tertiary/aromatic N) is 3. The standard InChI is InChI=1S/C19H24N4O4/c1-4-27-19-21-14-5-6-23(9-13(14)17(20)22-19)18(26)12-7-11(10(2)3)15(24)8-16(12)25/h7-8,10,24-25H,4-6,9H2,1-3H3,(H2,20,21,22). The van der Waals surface area contributed by atoms with Crippen molar-refractivity contribution in [3.05, 3.63) is 34.5 Å². The molecule has 144 valence electrons. The molecule has 0 saturated carbocycles. The van der Waals surface area contributed by atoms with E-state index in [0.717, 1.165) is 5.69 Å². The zero-order valence-corrected chi connectivity index (χ0v) is 15.7. The molecule has 0 unspecified atom stereocenters. The Labute approximate surface area is 157 Å². The van der Waals surface area contributed by atoms with Crippen LogP contribution >= 0.6 is 0 Å². The number of carbonyl (C=O) groups is 1. The van der Waals surface area contributed by atoms with Gasteiger partial charge in [0.15, 0.2) is 0 Å². The largest absolute Gasteiger partial charge is 0.508 e. The van der Waals surface area contributed by atoms with Crippen LogP contribution in [0.25, 0.3) is 0 Å². The molecule has 0 radical (unpaired) electrons. The number of anilines is 1. The van der Waals surface area contributed by atoms with Gasteiger partial charge in [0.25, 0.3) is 5.91 Å². The second kappa shape index (κ2) is 7.30. The predicted molar refractivity (Wildman–Crippen MR) is 99.9 cm³/mol. The lowest BCUT2D eigenvalue weighted by Crippen LogP contribution is -2.37. The van der Waals surface area contributed by atoms with E-state index in [-0.39, 0.29) is 41.4 Å². The van der Waals surface area contributed by atoms with Crippen LogP contribution in [-0.2, 0) is 13.0 Å². The summed E-state index contributed by atoms with van der Waals surface area (Å²) in [5, 5.41) is 20.2. The Morgan fingerprint density at radius 2 is 2.04 bits per heavy atom. The van der Waals surface area contributed by atoms with Crippen LogP contribution in [0.2, 0.25) is 0 Å². The molecule has 2 heterocycles. The second-order valence-corrected chi connectivity index (χ2v) is 6.81. The van der Waals surface area contributed by atoms with Crippen molar-refractivity contribution in [1.29, 1.82) is 0 Å². The van der Waals surface area contributed by atoms with Gasteiger partial charge in [0.05, 0.1) is 24.4 Å². The number of fused-ring (bicyclic) bond motifs is 1. The van der Waals surface area contributed by atoms with Crippen molar-refractivity contribution in [2.75, 3.05) is 18.9 Å². The van der Waals surface area contributed by atoms with Gasteiger partial charge >= 0.3 is 6.01 Å². The van der Waals surface area contributed by atoms with Crippen LogP contribution in [0.3, 0.4) is 0 Å². The smallest absolute Gasteiger partial charge is 0.318 e. The van der Waals surface area contributed by atoms with Gasteiger partial charge in [-0.2, -0.15) is 9.97 Å². The summed E-state index contributed by atoms with van der Waals surface area (Å²) in [5.41, 5.74) is 8.27. The molecule has 1 amide bonds. The highest BCUT2D eigenvalue weighted by Gasteiger charge is 2.28. The zero-order chi connectivity index (χ0) is 19.7. The van der Waals surface area contributed by atoms with E-state index in [4.69, 9.17) is 10.5 Å². The number of ether oxygens (including phenoxy) is 1. The third kappa shape index (κ3) is 3.60. The lowest BCUT2D eigenvalue weighted by molar-refractivity contribution is 0.0730. The van der Waals surface area contributed by atoms with E-state index in [1.165, 1.54) is 6.07 Å². The molecule has 3 rings (SSSR count). The number of carbonyl (C=O) groups excluding carboxylic acids is 1. The molecule has 4 N–H and O–H groups in total. The maximum Gasteiger partial charge on any atom is 0.318 e. The van der Waals surface area contributed by atoms with E-state index in [0.29, 0.717) is 36.5 Å². The first-order valence-corrected chi connectivity index (χ1v) is 8.95. The van der Waals surface area contributed by atoms with E-state index in [2.05, 4.69) is 9.97 Å². The fourth-order valence-electron chi connectivity index (χ4n) is 3.18. The van der Waals surface area contributed by atoms with Crippen molar-refractivity contribution >= 4 is 11.7 Å². The highest BCUT2D eigenvalue weighted by Crippen LogP contribution is 2.34. The van der Waals surface area contributed by atoms with Gasteiger partial charge in [0.2, 0.25) is 0 Å². The van der Waals surface area contributed by atoms with E-state index in [1.54, 1.807) is 11.0 Å². The Morgan fingerprint density at radius 3 is 2.70 bits per heavy atom. The van der Waals surface area contributed by atoms with E-state index < -0.39 is 0 Å². The molecule has 2 aromatic rings. The first kappa shape index (κ1) is 18.8. The average Bonchev–Trinajstić information content (AvgIpc) is 2.61. The number of hydrogen-bond acceptors (Lipinski definition) is 7. The minimum atomic E-state index is -0.326. The summed E-state index contributed by atoms with van der Waals surface area (Å²) < 4.78 is 5.32. The summed E-state index contributed by atoms with van der Waals surface area (Å²) in [6.07, 6.45) is 0.518. The van der Waals surface area contributed by atoms with E-state index >= 15 is 0 Å². The fraction of sp³-hybridized carbons (Fsp3) is 0.421. The summed E-state index contributed by atoms with van der Waals surface area (Å²) in [4.78, 5) is 23.1. The highest BCUT2D eigenvalue weighted by atomic mass is 16.5. The average molecular weight is 372 g/mol. The van der Waals surface area contributed by atoms with Gasteiger partial charge in [-0.15, -0.1) is 0 Å². The minimum Gasteiger partial charge on any atom is -0.508 e. The normalized spacial score (nSPS) is 13.6. The SMILES string of the molecule is CCOc1nc(N)c2c(n1)CCN(C(=O)c1cc(C(C)C)c(O)cc1O)C2. The number of aromatic hydroxyl groups is 2. The number of benzene rings is 1. The van der Waals surface area contributed by atoms with Crippen LogP contribution in [-0.4, -0.2) is 44.1 Å². The topological polar surface area (TPSA) is 122 Å². The number of rotatable bonds is 4. The maximum atomic E-state index is 13.0. The summed E-state index contributed by atoms with van der Waals surface area (Å²) in [5.74, 6) is -0.292. The van der Waals surface area contributed by atoms with Crippen molar-refractivity contribution in [3.63, 3.8) is 0 Å². The van der Waals surface area contributed by atoms with Crippen LogP contribution in [0.15, 0.2) is 12.1 Å². The fourth-order valence-corrected chi connectivity index (χ4v) is 3.18. The van der Waals surface area contributed by atoms with Gasteiger partial charge in [-0.05, 0) is 24.5 Å². The molecule has 8 heteroatoms. The predicted octanol–water partition coefficient (Wildman–Crippen LogP) is 2.19. The molecule has 0 fully saturated rings. The highest BCUT2D eigenvalue weighted by molar-refractivity contribution is 5.97. The van der Waals surface area contributed by atoms with Crippen molar-refractivity contribution in [2.24, 2.45) is 0 Å². The van der Waals surface area contributed by atoms with Gasteiger partial charge < -0.3 is 25.6 Å². The number of nitrogen functional groups attached to an aromatic ring is 1. The van der Waals surface area contributed by atoms with Crippen molar-refractivity contribution in [2.45, 2.75) is 39.7 Å². The second-order valence-electron chi connectivity index (χ2n) is 6.81. The summed E-state index contributed by atoms with van der Waals surface area (Å²) in [6.45, 7) is 6.79. The van der Waals surface area contributed by atoms with Crippen LogP contribution in [0, 0.1) is 0 Å². The molecule has 0 atom stereocenters. The lowest BCUT2D eigenvalue weighted by Gasteiger charge is -2.29. The third-order valence-electron chi connectivity index (χ3n) is 4.63. The molecule has 1 aromatic heterocycles. The van der Waals surface area contributed by atoms with E-state index in [9.17, 15) is 15.0 Å². The molecular weight excluding hydrogens is 348 g/mol. The summed E-state index contributed by atoms with van der Waals surface area (Å²) >= 11 is 0. The Kier molecular flexibility index (Phi) is 5.07. The molecule has 1 aliphatic rings. The van der Waals surface area contributed by atoms with Crippen molar-refractivity contribution < 1.29 is 19.7 Å². The summed E-state index contributed by atoms with van der Waals surface area (Å²) in [7, 11) is 0. The van der Waals surface area contributed by atoms with Gasteiger partial charge in [0, 0.05) is 24.6 Å². The van der Waals surface area contributed by atoms with Crippen LogP contribution < -0.4 is 10.5 Å². The van der Waals surface area contributed by atoms with Crippen LogP contribution in [0.4, 0.5) is 5.82 Å².